The molecule has 2 unspecified atom stereocenters. The standard InChI is InChI=1S/C11H23NO4S/c1-10(11-4-3-6-16-11)12-5-8-17(13,14)9-7-15-2/h10-12H,3-9H2,1-2H3. The Balaban J connectivity index is 2.17. The van der Waals surface area contributed by atoms with E-state index < -0.39 is 9.84 Å². The van der Waals surface area contributed by atoms with Crippen LogP contribution in [0.3, 0.4) is 0 Å². The Bertz CT molecular complexity index is 299. The van der Waals surface area contributed by atoms with Crippen LogP contribution in [0.1, 0.15) is 19.8 Å². The summed E-state index contributed by atoms with van der Waals surface area (Å²) in [4.78, 5) is 0. The average molecular weight is 265 g/mol. The Labute approximate surface area is 104 Å². The second-order valence-corrected chi connectivity index (χ2v) is 6.74. The van der Waals surface area contributed by atoms with E-state index in [1.807, 2.05) is 6.92 Å². The van der Waals surface area contributed by atoms with Gasteiger partial charge in [-0.05, 0) is 19.8 Å². The van der Waals surface area contributed by atoms with Crippen LogP contribution in [0.2, 0.25) is 0 Å². The molecule has 1 aliphatic heterocycles. The van der Waals surface area contributed by atoms with E-state index in [0.717, 1.165) is 19.4 Å². The number of ether oxygens (including phenoxy) is 2. The molecule has 0 aromatic carbocycles. The van der Waals surface area contributed by atoms with Gasteiger partial charge >= 0.3 is 0 Å². The fourth-order valence-electron chi connectivity index (χ4n) is 1.88. The molecule has 1 rings (SSSR count). The second kappa shape index (κ2) is 7.31. The highest BCUT2D eigenvalue weighted by Gasteiger charge is 2.22. The van der Waals surface area contributed by atoms with E-state index in [0.29, 0.717) is 6.54 Å². The predicted octanol–water partition coefficient (Wildman–Crippen LogP) is 0.205. The molecular formula is C11H23NO4S. The zero-order chi connectivity index (χ0) is 12.7. The third-order valence-electron chi connectivity index (χ3n) is 3.00. The highest BCUT2D eigenvalue weighted by atomic mass is 32.2. The summed E-state index contributed by atoms with van der Waals surface area (Å²) in [5.74, 6) is 0.257. The van der Waals surface area contributed by atoms with Crippen LogP contribution in [-0.4, -0.2) is 58.9 Å². The molecular weight excluding hydrogens is 242 g/mol. The lowest BCUT2D eigenvalue weighted by Gasteiger charge is -2.19. The van der Waals surface area contributed by atoms with E-state index in [-0.39, 0.29) is 30.3 Å². The maximum atomic E-state index is 11.5. The van der Waals surface area contributed by atoms with Crippen LogP contribution in [0.15, 0.2) is 0 Å². The van der Waals surface area contributed by atoms with E-state index in [4.69, 9.17) is 9.47 Å². The quantitative estimate of drug-likeness (QED) is 0.679. The molecule has 1 heterocycles. The van der Waals surface area contributed by atoms with Gasteiger partial charge in [0.2, 0.25) is 0 Å². The third kappa shape index (κ3) is 5.81. The van der Waals surface area contributed by atoms with Gasteiger partial charge in [0.15, 0.2) is 9.84 Å². The fraction of sp³-hybridized carbons (Fsp3) is 1.00. The van der Waals surface area contributed by atoms with E-state index in [1.54, 1.807) is 0 Å². The van der Waals surface area contributed by atoms with Crippen molar-refractivity contribution in [2.75, 3.05) is 38.4 Å². The van der Waals surface area contributed by atoms with Crippen molar-refractivity contribution in [2.24, 2.45) is 0 Å². The van der Waals surface area contributed by atoms with Gasteiger partial charge in [0, 0.05) is 26.3 Å². The first kappa shape index (κ1) is 14.9. The van der Waals surface area contributed by atoms with Gasteiger partial charge in [-0.2, -0.15) is 0 Å². The van der Waals surface area contributed by atoms with Gasteiger partial charge in [0.05, 0.1) is 24.2 Å². The van der Waals surface area contributed by atoms with Crippen LogP contribution in [0.25, 0.3) is 0 Å². The van der Waals surface area contributed by atoms with Crippen molar-refractivity contribution >= 4 is 9.84 Å². The van der Waals surface area contributed by atoms with Gasteiger partial charge in [-0.25, -0.2) is 8.42 Å². The van der Waals surface area contributed by atoms with Gasteiger partial charge in [-0.1, -0.05) is 0 Å². The highest BCUT2D eigenvalue weighted by Crippen LogP contribution is 2.15. The average Bonchev–Trinajstić information content (AvgIpc) is 2.79. The summed E-state index contributed by atoms with van der Waals surface area (Å²) in [6.45, 7) is 3.61. The number of sulfone groups is 1. The van der Waals surface area contributed by atoms with Crippen molar-refractivity contribution in [1.82, 2.24) is 5.32 Å². The van der Waals surface area contributed by atoms with Crippen molar-refractivity contribution in [3.63, 3.8) is 0 Å². The largest absolute Gasteiger partial charge is 0.384 e. The summed E-state index contributed by atoms with van der Waals surface area (Å²) in [5.41, 5.74) is 0. The Morgan fingerprint density at radius 3 is 2.82 bits per heavy atom. The number of nitrogens with one attached hydrogen (secondary N) is 1. The van der Waals surface area contributed by atoms with Crippen molar-refractivity contribution in [3.05, 3.63) is 0 Å². The summed E-state index contributed by atoms with van der Waals surface area (Å²) in [6.07, 6.45) is 2.39. The molecule has 0 aromatic heterocycles. The Morgan fingerprint density at radius 2 is 2.24 bits per heavy atom. The van der Waals surface area contributed by atoms with E-state index in [1.165, 1.54) is 7.11 Å². The monoisotopic (exact) mass is 265 g/mol. The smallest absolute Gasteiger partial charge is 0.153 e. The van der Waals surface area contributed by atoms with Gasteiger partial charge in [-0.15, -0.1) is 0 Å². The van der Waals surface area contributed by atoms with E-state index in [9.17, 15) is 8.42 Å². The maximum absolute atomic E-state index is 11.5. The lowest BCUT2D eigenvalue weighted by Crippen LogP contribution is -2.39. The molecule has 0 saturated carbocycles. The van der Waals surface area contributed by atoms with Crippen LogP contribution in [0.4, 0.5) is 0 Å². The highest BCUT2D eigenvalue weighted by molar-refractivity contribution is 7.91. The van der Waals surface area contributed by atoms with Gasteiger partial charge < -0.3 is 14.8 Å². The minimum absolute atomic E-state index is 0.0967. The van der Waals surface area contributed by atoms with Crippen molar-refractivity contribution < 1.29 is 17.9 Å². The molecule has 5 nitrogen and oxygen atoms in total. The molecule has 102 valence electrons. The number of hydrogen-bond acceptors (Lipinski definition) is 5. The van der Waals surface area contributed by atoms with Crippen LogP contribution in [0.5, 0.6) is 0 Å². The van der Waals surface area contributed by atoms with E-state index >= 15 is 0 Å². The second-order valence-electron chi connectivity index (χ2n) is 4.44. The molecule has 0 radical (unpaired) electrons. The molecule has 0 aliphatic carbocycles. The summed E-state index contributed by atoms with van der Waals surface area (Å²) in [7, 11) is -1.48. The van der Waals surface area contributed by atoms with Crippen LogP contribution in [0, 0.1) is 0 Å². The van der Waals surface area contributed by atoms with Crippen LogP contribution >= 0.6 is 0 Å². The van der Waals surface area contributed by atoms with Gasteiger partial charge in [0.1, 0.15) is 0 Å². The lowest BCUT2D eigenvalue weighted by atomic mass is 10.1. The predicted molar refractivity (Wildman–Crippen MR) is 67.0 cm³/mol. The first-order chi connectivity index (χ1) is 8.05. The first-order valence-corrected chi connectivity index (χ1v) is 7.91. The summed E-state index contributed by atoms with van der Waals surface area (Å²) < 4.78 is 33.4. The molecule has 1 fully saturated rings. The molecule has 0 amide bonds. The SMILES string of the molecule is COCCS(=O)(=O)CCNC(C)C1CCCO1. The summed E-state index contributed by atoms with van der Waals surface area (Å²) in [5, 5.41) is 3.21. The van der Waals surface area contributed by atoms with Crippen LogP contribution in [-0.2, 0) is 19.3 Å². The minimum atomic E-state index is -2.99. The van der Waals surface area contributed by atoms with Crippen LogP contribution < -0.4 is 5.32 Å². The Kier molecular flexibility index (Phi) is 6.40. The number of rotatable bonds is 8. The zero-order valence-corrected chi connectivity index (χ0v) is 11.5. The molecule has 0 bridgehead atoms. The minimum Gasteiger partial charge on any atom is -0.384 e. The topological polar surface area (TPSA) is 64.6 Å². The zero-order valence-electron chi connectivity index (χ0n) is 10.6. The van der Waals surface area contributed by atoms with Crippen molar-refractivity contribution in [1.29, 1.82) is 0 Å². The molecule has 0 spiro atoms. The molecule has 1 aliphatic rings. The number of hydrogen-bond donors (Lipinski definition) is 1. The normalized spacial score (nSPS) is 22.8. The molecule has 1 saturated heterocycles. The summed E-state index contributed by atoms with van der Waals surface area (Å²) >= 11 is 0. The maximum Gasteiger partial charge on any atom is 0.153 e. The van der Waals surface area contributed by atoms with Crippen molar-refractivity contribution in [3.8, 4) is 0 Å². The van der Waals surface area contributed by atoms with Crippen molar-refractivity contribution in [2.45, 2.75) is 31.9 Å². The molecule has 1 N–H and O–H groups in total. The first-order valence-electron chi connectivity index (χ1n) is 6.09. The molecule has 17 heavy (non-hydrogen) atoms. The number of methoxy groups -OCH3 is 1. The van der Waals surface area contributed by atoms with Gasteiger partial charge in [0.25, 0.3) is 0 Å². The Morgan fingerprint density at radius 1 is 1.47 bits per heavy atom. The Hall–Kier alpha value is -0.170. The molecule has 2 atom stereocenters. The molecule has 0 aromatic rings. The fourth-order valence-corrected chi connectivity index (χ4v) is 2.94. The molecule has 6 heteroatoms. The van der Waals surface area contributed by atoms with Gasteiger partial charge in [-0.3, -0.25) is 0 Å². The third-order valence-corrected chi connectivity index (χ3v) is 4.62. The summed E-state index contributed by atoms with van der Waals surface area (Å²) in [6, 6.07) is 0.218. The lowest BCUT2D eigenvalue weighted by molar-refractivity contribution is 0.0844. The van der Waals surface area contributed by atoms with E-state index in [2.05, 4.69) is 5.32 Å².